The number of halogens is 1. The Morgan fingerprint density at radius 3 is 2.57 bits per heavy atom. The highest BCUT2D eigenvalue weighted by Gasteiger charge is 2.21. The topological polar surface area (TPSA) is 69.4 Å². The molecule has 0 aliphatic heterocycles. The zero-order chi connectivity index (χ0) is 15.4. The third kappa shape index (κ3) is 3.57. The third-order valence-electron chi connectivity index (χ3n) is 2.60. The Morgan fingerprint density at radius 2 is 1.95 bits per heavy atom. The van der Waals surface area contributed by atoms with Gasteiger partial charge in [-0.3, -0.25) is 10.1 Å². The molecule has 0 amide bonds. The highest BCUT2D eigenvalue weighted by Crippen LogP contribution is 2.31. The number of methoxy groups -OCH3 is 1. The van der Waals surface area contributed by atoms with E-state index in [-0.39, 0.29) is 17.1 Å². The van der Waals surface area contributed by atoms with Crippen LogP contribution >= 0.6 is 11.8 Å². The molecular weight excluding hydrogens is 297 g/mol. The van der Waals surface area contributed by atoms with Crippen LogP contribution in [0.3, 0.4) is 0 Å². The number of nitro benzene ring substituents is 1. The molecule has 0 radical (unpaired) electrons. The summed E-state index contributed by atoms with van der Waals surface area (Å²) in [4.78, 5) is 23.0. The van der Waals surface area contributed by atoms with Crippen LogP contribution in [0, 0.1) is 15.9 Å². The van der Waals surface area contributed by atoms with Crippen LogP contribution in [0.4, 0.5) is 10.1 Å². The van der Waals surface area contributed by atoms with Crippen LogP contribution < -0.4 is 0 Å². The molecule has 0 saturated heterocycles. The Labute approximate surface area is 123 Å². The highest BCUT2D eigenvalue weighted by atomic mass is 32.2. The Balaban J connectivity index is 2.37. The number of rotatable bonds is 4. The summed E-state index contributed by atoms with van der Waals surface area (Å²) in [5, 5.41) is 10.9. The van der Waals surface area contributed by atoms with Crippen LogP contribution in [0.2, 0.25) is 0 Å². The molecule has 0 atom stereocenters. The number of ether oxygens (including phenoxy) is 1. The monoisotopic (exact) mass is 307 g/mol. The van der Waals surface area contributed by atoms with Gasteiger partial charge in [-0.05, 0) is 30.3 Å². The molecule has 0 saturated carbocycles. The van der Waals surface area contributed by atoms with Gasteiger partial charge in [-0.2, -0.15) is 0 Å². The zero-order valence-corrected chi connectivity index (χ0v) is 11.7. The Bertz CT molecular complexity index is 705. The van der Waals surface area contributed by atoms with Gasteiger partial charge in [0.05, 0.1) is 12.0 Å². The van der Waals surface area contributed by atoms with Crippen molar-refractivity contribution in [2.45, 2.75) is 9.79 Å². The second-order valence-electron chi connectivity index (χ2n) is 3.99. The van der Waals surface area contributed by atoms with Crippen LogP contribution in [0.15, 0.2) is 52.3 Å². The van der Waals surface area contributed by atoms with E-state index in [0.29, 0.717) is 9.79 Å². The summed E-state index contributed by atoms with van der Waals surface area (Å²) in [6.45, 7) is 0. The lowest BCUT2D eigenvalue weighted by Gasteiger charge is -2.05. The van der Waals surface area contributed by atoms with Gasteiger partial charge in [0.1, 0.15) is 11.4 Å². The average Bonchev–Trinajstić information content (AvgIpc) is 2.46. The minimum Gasteiger partial charge on any atom is -0.465 e. The van der Waals surface area contributed by atoms with E-state index in [1.807, 2.05) is 0 Å². The largest absolute Gasteiger partial charge is 0.465 e. The van der Waals surface area contributed by atoms with Crippen LogP contribution in [0.1, 0.15) is 10.4 Å². The molecule has 0 aromatic heterocycles. The fourth-order valence-electron chi connectivity index (χ4n) is 1.68. The van der Waals surface area contributed by atoms with Crippen molar-refractivity contribution >= 4 is 23.4 Å². The van der Waals surface area contributed by atoms with Crippen LogP contribution in [-0.4, -0.2) is 18.0 Å². The summed E-state index contributed by atoms with van der Waals surface area (Å²) >= 11 is 1.19. The van der Waals surface area contributed by atoms with Crippen LogP contribution in [0.5, 0.6) is 0 Å². The first-order valence-electron chi connectivity index (χ1n) is 5.81. The SMILES string of the molecule is COC(=O)c1cc(Sc2cccc(F)c2)ccc1[N+](=O)[O-]. The van der Waals surface area contributed by atoms with E-state index < -0.39 is 10.9 Å². The van der Waals surface area contributed by atoms with E-state index in [0.717, 1.165) is 7.11 Å². The molecular formula is C14H10FNO4S. The Hall–Kier alpha value is -2.41. The molecule has 108 valence electrons. The number of carbonyl (C=O) groups is 1. The van der Waals surface area contributed by atoms with Crippen molar-refractivity contribution in [1.82, 2.24) is 0 Å². The minimum atomic E-state index is -0.789. The van der Waals surface area contributed by atoms with E-state index in [4.69, 9.17) is 0 Å². The number of carbonyl (C=O) groups excluding carboxylic acids is 1. The molecule has 5 nitrogen and oxygen atoms in total. The molecule has 0 N–H and O–H groups in total. The second kappa shape index (κ2) is 6.36. The maximum Gasteiger partial charge on any atom is 0.344 e. The van der Waals surface area contributed by atoms with E-state index in [2.05, 4.69) is 4.74 Å². The smallest absolute Gasteiger partial charge is 0.344 e. The zero-order valence-electron chi connectivity index (χ0n) is 10.9. The molecule has 0 aliphatic carbocycles. The molecule has 0 aliphatic rings. The van der Waals surface area contributed by atoms with E-state index in [9.17, 15) is 19.3 Å². The molecule has 2 aromatic carbocycles. The Morgan fingerprint density at radius 1 is 1.24 bits per heavy atom. The van der Waals surface area contributed by atoms with Gasteiger partial charge in [0.15, 0.2) is 0 Å². The highest BCUT2D eigenvalue weighted by molar-refractivity contribution is 7.99. The van der Waals surface area contributed by atoms with Gasteiger partial charge in [0, 0.05) is 15.9 Å². The first-order valence-corrected chi connectivity index (χ1v) is 6.63. The van der Waals surface area contributed by atoms with Gasteiger partial charge >= 0.3 is 5.97 Å². The van der Waals surface area contributed by atoms with Crippen molar-refractivity contribution in [3.63, 3.8) is 0 Å². The van der Waals surface area contributed by atoms with Gasteiger partial charge < -0.3 is 4.74 Å². The van der Waals surface area contributed by atoms with Crippen molar-refractivity contribution in [3.8, 4) is 0 Å². The van der Waals surface area contributed by atoms with Gasteiger partial charge in [0.25, 0.3) is 5.69 Å². The molecule has 0 fully saturated rings. The summed E-state index contributed by atoms with van der Waals surface area (Å²) in [6.07, 6.45) is 0. The summed E-state index contributed by atoms with van der Waals surface area (Å²) in [5.74, 6) is -1.17. The fraction of sp³-hybridized carbons (Fsp3) is 0.0714. The maximum absolute atomic E-state index is 13.1. The summed E-state index contributed by atoms with van der Waals surface area (Å²) in [5.41, 5.74) is -0.464. The van der Waals surface area contributed by atoms with Crippen molar-refractivity contribution in [2.24, 2.45) is 0 Å². The number of nitro groups is 1. The molecule has 0 heterocycles. The van der Waals surface area contributed by atoms with Crippen molar-refractivity contribution in [3.05, 3.63) is 64.0 Å². The van der Waals surface area contributed by atoms with Gasteiger partial charge in [-0.25, -0.2) is 9.18 Å². The maximum atomic E-state index is 13.1. The Kier molecular flexibility index (Phi) is 4.54. The summed E-state index contributed by atoms with van der Waals surface area (Å²) in [6, 6.07) is 10.0. The molecule has 0 bridgehead atoms. The lowest BCUT2D eigenvalue weighted by Crippen LogP contribution is -2.05. The van der Waals surface area contributed by atoms with Gasteiger partial charge in [-0.1, -0.05) is 17.8 Å². The first-order chi connectivity index (χ1) is 10.0. The molecule has 0 unspecified atom stereocenters. The minimum absolute atomic E-state index is 0.135. The van der Waals surface area contributed by atoms with E-state index in [1.165, 1.54) is 42.1 Å². The molecule has 0 spiro atoms. The molecule has 7 heteroatoms. The molecule has 2 rings (SSSR count). The quantitative estimate of drug-likeness (QED) is 0.489. The second-order valence-corrected chi connectivity index (χ2v) is 5.13. The normalized spacial score (nSPS) is 10.2. The van der Waals surface area contributed by atoms with Gasteiger partial charge in [-0.15, -0.1) is 0 Å². The summed E-state index contributed by atoms with van der Waals surface area (Å²) in [7, 11) is 1.15. The summed E-state index contributed by atoms with van der Waals surface area (Å²) < 4.78 is 17.7. The lowest BCUT2D eigenvalue weighted by molar-refractivity contribution is -0.385. The van der Waals surface area contributed by atoms with Crippen LogP contribution in [-0.2, 0) is 4.74 Å². The predicted octanol–water partition coefficient (Wildman–Crippen LogP) is 3.67. The first kappa shape index (κ1) is 15.0. The van der Waals surface area contributed by atoms with Crippen molar-refractivity contribution in [2.75, 3.05) is 7.11 Å². The third-order valence-corrected chi connectivity index (χ3v) is 3.58. The van der Waals surface area contributed by atoms with E-state index in [1.54, 1.807) is 12.1 Å². The standard InChI is InChI=1S/C14H10FNO4S/c1-20-14(17)12-8-11(5-6-13(12)16(18)19)21-10-4-2-3-9(15)7-10/h2-8H,1H3. The molecule has 2 aromatic rings. The number of hydrogen-bond acceptors (Lipinski definition) is 5. The number of benzene rings is 2. The van der Waals surface area contributed by atoms with Crippen molar-refractivity contribution < 1.29 is 18.8 Å². The van der Waals surface area contributed by atoms with E-state index >= 15 is 0 Å². The average molecular weight is 307 g/mol. The number of esters is 1. The molecule has 21 heavy (non-hydrogen) atoms. The number of nitrogens with zero attached hydrogens (tertiary/aromatic N) is 1. The van der Waals surface area contributed by atoms with Crippen LogP contribution in [0.25, 0.3) is 0 Å². The van der Waals surface area contributed by atoms with Gasteiger partial charge in [0.2, 0.25) is 0 Å². The lowest BCUT2D eigenvalue weighted by atomic mass is 10.2. The van der Waals surface area contributed by atoms with Crippen molar-refractivity contribution in [1.29, 1.82) is 0 Å². The fourth-order valence-corrected chi connectivity index (χ4v) is 2.58. The number of hydrogen-bond donors (Lipinski definition) is 0. The predicted molar refractivity (Wildman–Crippen MR) is 75.0 cm³/mol.